The third-order valence-corrected chi connectivity index (χ3v) is 4.11. The highest BCUT2D eigenvalue weighted by molar-refractivity contribution is 9.10. The molecule has 0 unspecified atom stereocenters. The lowest BCUT2D eigenvalue weighted by Gasteiger charge is -2.09. The van der Waals surface area contributed by atoms with E-state index in [0.717, 1.165) is 11.1 Å². The second-order valence-corrected chi connectivity index (χ2v) is 6.43. The zero-order chi connectivity index (χ0) is 17.7. The molecule has 0 saturated heterocycles. The van der Waals surface area contributed by atoms with Crippen LogP contribution < -0.4 is 10.2 Å². The lowest BCUT2D eigenvalue weighted by molar-refractivity contribution is -0.123. The standard InChI is InChI=1S/C17H16BrClN2O3/c1-10-4-3-5-15(11(10)2)24-9-16(22)21-20-8-12-6-13(18)7-14(19)17(12)23/h3-8,23H,9H2,1-2H3,(H,21,22)/b20-8-. The summed E-state index contributed by atoms with van der Waals surface area (Å²) in [5, 5.41) is 13.8. The summed E-state index contributed by atoms with van der Waals surface area (Å²) in [6.45, 7) is 3.75. The maximum absolute atomic E-state index is 11.8. The average Bonchev–Trinajstić information content (AvgIpc) is 2.53. The quantitative estimate of drug-likeness (QED) is 0.578. The summed E-state index contributed by atoms with van der Waals surface area (Å²) in [6.07, 6.45) is 1.31. The Balaban J connectivity index is 1.93. The van der Waals surface area contributed by atoms with Crippen LogP contribution in [0.3, 0.4) is 0 Å². The van der Waals surface area contributed by atoms with E-state index in [4.69, 9.17) is 16.3 Å². The maximum atomic E-state index is 11.8. The van der Waals surface area contributed by atoms with E-state index >= 15 is 0 Å². The minimum Gasteiger partial charge on any atom is -0.506 e. The van der Waals surface area contributed by atoms with E-state index in [-0.39, 0.29) is 17.4 Å². The second kappa shape index (κ2) is 8.17. The lowest BCUT2D eigenvalue weighted by atomic mass is 10.1. The molecule has 0 saturated carbocycles. The molecule has 2 aromatic carbocycles. The maximum Gasteiger partial charge on any atom is 0.277 e. The molecule has 0 aliphatic rings. The molecule has 2 aromatic rings. The summed E-state index contributed by atoms with van der Waals surface area (Å²) >= 11 is 9.12. The first-order valence-electron chi connectivity index (χ1n) is 7.07. The van der Waals surface area contributed by atoms with Crippen molar-refractivity contribution in [3.05, 3.63) is 56.5 Å². The van der Waals surface area contributed by atoms with Crippen molar-refractivity contribution in [2.75, 3.05) is 6.61 Å². The lowest BCUT2D eigenvalue weighted by Crippen LogP contribution is -2.24. The second-order valence-electron chi connectivity index (χ2n) is 5.11. The van der Waals surface area contributed by atoms with Crippen LogP contribution in [-0.2, 0) is 4.79 Å². The molecule has 0 aliphatic carbocycles. The number of amides is 1. The number of nitrogens with zero attached hydrogens (tertiary/aromatic N) is 1. The van der Waals surface area contributed by atoms with Crippen molar-refractivity contribution in [3.8, 4) is 11.5 Å². The summed E-state index contributed by atoms with van der Waals surface area (Å²) < 4.78 is 6.17. The number of aryl methyl sites for hydroxylation is 1. The van der Waals surface area contributed by atoms with Crippen molar-refractivity contribution >= 4 is 39.7 Å². The molecule has 0 atom stereocenters. The van der Waals surface area contributed by atoms with Crippen molar-refractivity contribution in [3.63, 3.8) is 0 Å². The fourth-order valence-corrected chi connectivity index (χ4v) is 2.75. The van der Waals surface area contributed by atoms with E-state index in [1.165, 1.54) is 6.21 Å². The van der Waals surface area contributed by atoms with Gasteiger partial charge in [-0.25, -0.2) is 5.43 Å². The van der Waals surface area contributed by atoms with Crippen LogP contribution in [-0.4, -0.2) is 23.8 Å². The van der Waals surface area contributed by atoms with Crippen LogP contribution in [0.2, 0.25) is 5.02 Å². The Morgan fingerprint density at radius 3 is 2.92 bits per heavy atom. The highest BCUT2D eigenvalue weighted by Gasteiger charge is 2.07. The van der Waals surface area contributed by atoms with Gasteiger partial charge in [0.25, 0.3) is 5.91 Å². The monoisotopic (exact) mass is 410 g/mol. The van der Waals surface area contributed by atoms with Crippen LogP contribution in [0.15, 0.2) is 39.9 Å². The Morgan fingerprint density at radius 2 is 2.17 bits per heavy atom. The minimum atomic E-state index is -0.410. The van der Waals surface area contributed by atoms with Gasteiger partial charge in [0.15, 0.2) is 6.61 Å². The number of phenolic OH excluding ortho intramolecular Hbond substituents is 1. The number of halogens is 2. The van der Waals surface area contributed by atoms with Gasteiger partial charge in [-0.1, -0.05) is 39.7 Å². The summed E-state index contributed by atoms with van der Waals surface area (Å²) in [7, 11) is 0. The van der Waals surface area contributed by atoms with E-state index in [2.05, 4.69) is 26.5 Å². The largest absolute Gasteiger partial charge is 0.506 e. The number of hydrogen-bond acceptors (Lipinski definition) is 4. The van der Waals surface area contributed by atoms with Crippen molar-refractivity contribution in [1.82, 2.24) is 5.43 Å². The van der Waals surface area contributed by atoms with Gasteiger partial charge in [-0.05, 0) is 43.2 Å². The summed E-state index contributed by atoms with van der Waals surface area (Å²) in [5.41, 5.74) is 4.80. The fraction of sp³-hybridized carbons (Fsp3) is 0.176. The first kappa shape index (κ1) is 18.3. The number of benzene rings is 2. The Bertz CT molecular complexity index is 794. The number of hydrogen-bond donors (Lipinski definition) is 2. The summed E-state index contributed by atoms with van der Waals surface area (Å²) in [5.74, 6) is 0.141. The van der Waals surface area contributed by atoms with E-state index in [1.54, 1.807) is 18.2 Å². The van der Waals surface area contributed by atoms with Gasteiger partial charge < -0.3 is 9.84 Å². The van der Waals surface area contributed by atoms with E-state index in [0.29, 0.717) is 15.8 Å². The molecule has 0 aromatic heterocycles. The Morgan fingerprint density at radius 1 is 1.42 bits per heavy atom. The third kappa shape index (κ3) is 4.72. The number of carbonyl (C=O) groups excluding carboxylic acids is 1. The van der Waals surface area contributed by atoms with Gasteiger partial charge in [0.1, 0.15) is 11.5 Å². The van der Waals surface area contributed by atoms with Gasteiger partial charge in [0.05, 0.1) is 11.2 Å². The minimum absolute atomic E-state index is 0.107. The zero-order valence-electron chi connectivity index (χ0n) is 13.1. The normalized spacial score (nSPS) is 10.8. The van der Waals surface area contributed by atoms with Gasteiger partial charge in [-0.2, -0.15) is 5.10 Å². The molecule has 24 heavy (non-hydrogen) atoms. The van der Waals surface area contributed by atoms with Gasteiger partial charge in [-0.3, -0.25) is 4.79 Å². The van der Waals surface area contributed by atoms with Crippen molar-refractivity contribution < 1.29 is 14.6 Å². The Labute approximate surface area is 153 Å². The number of hydrazone groups is 1. The molecule has 1 amide bonds. The summed E-state index contributed by atoms with van der Waals surface area (Å²) in [4.78, 5) is 11.8. The topological polar surface area (TPSA) is 70.9 Å². The van der Waals surface area contributed by atoms with Crippen LogP contribution in [0, 0.1) is 13.8 Å². The molecule has 7 heteroatoms. The summed E-state index contributed by atoms with van der Waals surface area (Å²) in [6, 6.07) is 8.84. The van der Waals surface area contributed by atoms with Crippen molar-refractivity contribution in [2.45, 2.75) is 13.8 Å². The van der Waals surface area contributed by atoms with Crippen LogP contribution in [0.5, 0.6) is 11.5 Å². The number of nitrogens with one attached hydrogen (secondary N) is 1. The molecule has 0 heterocycles. The number of aromatic hydroxyl groups is 1. The number of phenols is 1. The number of rotatable bonds is 5. The molecular weight excluding hydrogens is 396 g/mol. The SMILES string of the molecule is Cc1cccc(OCC(=O)N/N=C\c2cc(Br)cc(Cl)c2O)c1C. The highest BCUT2D eigenvalue weighted by atomic mass is 79.9. The van der Waals surface area contributed by atoms with Gasteiger partial charge in [0.2, 0.25) is 0 Å². The first-order valence-corrected chi connectivity index (χ1v) is 8.24. The Kier molecular flexibility index (Phi) is 6.23. The van der Waals surface area contributed by atoms with Crippen molar-refractivity contribution in [1.29, 1.82) is 0 Å². The first-order chi connectivity index (χ1) is 11.4. The molecule has 0 bridgehead atoms. The van der Waals surface area contributed by atoms with Crippen molar-refractivity contribution in [2.24, 2.45) is 5.10 Å². The highest BCUT2D eigenvalue weighted by Crippen LogP contribution is 2.30. The average molecular weight is 412 g/mol. The number of ether oxygens (including phenoxy) is 1. The predicted molar refractivity (Wildman–Crippen MR) is 98.0 cm³/mol. The molecule has 2 rings (SSSR count). The molecule has 0 fully saturated rings. The predicted octanol–water partition coefficient (Wildman–Crippen LogP) is 3.95. The van der Waals surface area contributed by atoms with Gasteiger partial charge in [0, 0.05) is 10.0 Å². The fourth-order valence-electron chi connectivity index (χ4n) is 1.91. The van der Waals surface area contributed by atoms with Gasteiger partial charge >= 0.3 is 0 Å². The molecule has 0 aliphatic heterocycles. The zero-order valence-corrected chi connectivity index (χ0v) is 15.5. The number of carbonyl (C=O) groups is 1. The van der Waals surface area contributed by atoms with Crippen LogP contribution in [0.25, 0.3) is 0 Å². The molecular formula is C17H16BrClN2O3. The van der Waals surface area contributed by atoms with E-state index in [1.807, 2.05) is 26.0 Å². The smallest absolute Gasteiger partial charge is 0.277 e. The molecule has 2 N–H and O–H groups in total. The van der Waals surface area contributed by atoms with E-state index < -0.39 is 5.91 Å². The van der Waals surface area contributed by atoms with E-state index in [9.17, 15) is 9.90 Å². The molecule has 0 spiro atoms. The van der Waals surface area contributed by atoms with Crippen LogP contribution in [0.1, 0.15) is 16.7 Å². The molecule has 126 valence electrons. The third-order valence-electron chi connectivity index (χ3n) is 3.36. The van der Waals surface area contributed by atoms with Crippen LogP contribution in [0.4, 0.5) is 0 Å². The van der Waals surface area contributed by atoms with Crippen LogP contribution >= 0.6 is 27.5 Å². The Hall–Kier alpha value is -2.05. The van der Waals surface area contributed by atoms with Gasteiger partial charge in [-0.15, -0.1) is 0 Å². The molecule has 0 radical (unpaired) electrons. The molecule has 5 nitrogen and oxygen atoms in total.